The molecule has 1 fully saturated rings. The monoisotopic (exact) mass is 666 g/mol. The van der Waals surface area contributed by atoms with Crippen LogP contribution in [0.2, 0.25) is 0 Å². The number of anilines is 4. The van der Waals surface area contributed by atoms with E-state index in [2.05, 4.69) is 41.1 Å². The maximum Gasteiger partial charge on any atom is 0.387 e. The van der Waals surface area contributed by atoms with Crippen molar-refractivity contribution in [1.29, 1.82) is 0 Å². The summed E-state index contributed by atoms with van der Waals surface area (Å²) in [6.45, 7) is -0.548. The third kappa shape index (κ3) is 6.10. The van der Waals surface area contributed by atoms with Gasteiger partial charge in [-0.05, 0) is 60.7 Å². The summed E-state index contributed by atoms with van der Waals surface area (Å²) in [4.78, 5) is 16.1. The van der Waals surface area contributed by atoms with Crippen LogP contribution < -0.4 is 20.7 Å². The molecule has 0 unspecified atom stereocenters. The Morgan fingerprint density at radius 3 is 2.37 bits per heavy atom. The van der Waals surface area contributed by atoms with Gasteiger partial charge < -0.3 is 25.4 Å². The highest BCUT2D eigenvalue weighted by molar-refractivity contribution is 9.10. The number of thiophene rings is 1. The summed E-state index contributed by atoms with van der Waals surface area (Å²) >= 11 is 4.59. The van der Waals surface area contributed by atoms with Gasteiger partial charge in [-0.15, -0.1) is 21.5 Å². The molecule has 0 radical (unpaired) electrons. The number of para-hydroxylation sites is 1. The largest absolute Gasteiger partial charge is 0.435 e. The number of alkyl halides is 2. The van der Waals surface area contributed by atoms with Crippen molar-refractivity contribution < 1.29 is 23.0 Å². The number of aromatic nitrogens is 3. The molecular formula is C30H25BrF2N6O3S. The Kier molecular flexibility index (Phi) is 8.36. The number of nitrogens with one attached hydrogen (secondary N) is 1. The van der Waals surface area contributed by atoms with E-state index in [1.165, 1.54) is 23.5 Å². The highest BCUT2D eigenvalue weighted by atomic mass is 79.9. The molecule has 0 spiro atoms. The van der Waals surface area contributed by atoms with Crippen molar-refractivity contribution in [2.75, 3.05) is 42.3 Å². The van der Waals surface area contributed by atoms with E-state index in [0.717, 1.165) is 10.2 Å². The summed E-state index contributed by atoms with van der Waals surface area (Å²) < 4.78 is 38.2. The van der Waals surface area contributed by atoms with Crippen LogP contribution in [0, 0.1) is 0 Å². The molecule has 3 heterocycles. The van der Waals surface area contributed by atoms with E-state index >= 15 is 0 Å². The minimum Gasteiger partial charge on any atom is -0.435 e. The van der Waals surface area contributed by atoms with Crippen molar-refractivity contribution in [3.8, 4) is 22.8 Å². The average Bonchev–Trinajstić information content (AvgIpc) is 3.59. The summed E-state index contributed by atoms with van der Waals surface area (Å²) in [5.74, 6) is 0.840. The Labute approximate surface area is 258 Å². The quantitative estimate of drug-likeness (QED) is 0.166. The number of hydrogen-bond acceptors (Lipinski definition) is 9. The van der Waals surface area contributed by atoms with Crippen LogP contribution in [0.4, 0.5) is 31.1 Å². The molecule has 6 rings (SSSR count). The predicted octanol–water partition coefficient (Wildman–Crippen LogP) is 6.75. The van der Waals surface area contributed by atoms with Crippen molar-refractivity contribution >= 4 is 55.4 Å². The molecule has 3 N–H and O–H groups in total. The number of hydrogen-bond donors (Lipinski definition) is 2. The van der Waals surface area contributed by atoms with Crippen molar-refractivity contribution in [3.05, 3.63) is 93.8 Å². The third-order valence-corrected chi connectivity index (χ3v) is 8.42. The Morgan fingerprint density at radius 1 is 1.00 bits per heavy atom. The van der Waals surface area contributed by atoms with Crippen LogP contribution in [0.25, 0.3) is 17.1 Å². The lowest BCUT2D eigenvalue weighted by Gasteiger charge is -2.28. The maximum atomic E-state index is 13.7. The first-order valence-electron chi connectivity index (χ1n) is 13.3. The van der Waals surface area contributed by atoms with Gasteiger partial charge in [-0.25, -0.2) is 0 Å². The van der Waals surface area contributed by atoms with E-state index in [-0.39, 0.29) is 17.2 Å². The van der Waals surface area contributed by atoms with Gasteiger partial charge in [0.2, 0.25) is 11.7 Å². The molecule has 0 atom stereocenters. The first-order valence-corrected chi connectivity index (χ1v) is 14.9. The van der Waals surface area contributed by atoms with E-state index in [4.69, 9.17) is 10.5 Å². The molecule has 220 valence electrons. The van der Waals surface area contributed by atoms with Crippen LogP contribution >= 0.6 is 27.3 Å². The number of rotatable bonds is 9. The molecule has 43 heavy (non-hydrogen) atoms. The standard InChI is InChI=1S/C30H25BrF2N6O3S/c31-19-8-6-18(7-9-19)25(40)26-24(34)23(28(43-26)35-20-10-12-22(13-11-20)42-29(32)33)27-36-37-30(38-14-16-41-17-15-38)39(27)21-4-2-1-3-5-21/h1-13,29,35H,14-17,34H2. The molecule has 1 aliphatic heterocycles. The topological polar surface area (TPSA) is 108 Å². The zero-order valence-corrected chi connectivity index (χ0v) is 24.9. The summed E-state index contributed by atoms with van der Waals surface area (Å²) in [6.07, 6.45) is 0. The zero-order chi connectivity index (χ0) is 29.9. The summed E-state index contributed by atoms with van der Waals surface area (Å²) in [5.41, 5.74) is 9.40. The summed E-state index contributed by atoms with van der Waals surface area (Å²) in [6, 6.07) is 22.8. The van der Waals surface area contributed by atoms with Crippen LogP contribution in [-0.2, 0) is 4.74 Å². The first-order chi connectivity index (χ1) is 20.9. The molecule has 1 aliphatic rings. The van der Waals surface area contributed by atoms with Gasteiger partial charge in [0.05, 0.1) is 30.2 Å². The van der Waals surface area contributed by atoms with Gasteiger partial charge in [0, 0.05) is 28.8 Å². The molecule has 0 bridgehead atoms. The van der Waals surface area contributed by atoms with Gasteiger partial charge in [-0.3, -0.25) is 9.36 Å². The number of ketones is 1. The van der Waals surface area contributed by atoms with Gasteiger partial charge in [0.25, 0.3) is 0 Å². The van der Waals surface area contributed by atoms with Crippen molar-refractivity contribution in [3.63, 3.8) is 0 Å². The lowest BCUT2D eigenvalue weighted by molar-refractivity contribution is -0.0498. The lowest BCUT2D eigenvalue weighted by Crippen LogP contribution is -2.37. The second-order valence-corrected chi connectivity index (χ2v) is 11.4. The van der Waals surface area contributed by atoms with Crippen LogP contribution in [0.1, 0.15) is 15.2 Å². The normalized spacial score (nSPS) is 13.3. The fourth-order valence-corrected chi connectivity index (χ4v) is 6.09. The second kappa shape index (κ2) is 12.5. The molecule has 13 heteroatoms. The van der Waals surface area contributed by atoms with E-state index < -0.39 is 6.61 Å². The molecule has 0 saturated carbocycles. The Hall–Kier alpha value is -4.33. The number of ether oxygens (including phenoxy) is 2. The number of nitrogens with two attached hydrogens (primary N) is 1. The molecule has 0 amide bonds. The van der Waals surface area contributed by atoms with Gasteiger partial charge in [-0.1, -0.05) is 34.1 Å². The Morgan fingerprint density at radius 2 is 1.70 bits per heavy atom. The SMILES string of the molecule is Nc1c(C(=O)c2ccc(Br)cc2)sc(Nc2ccc(OC(F)F)cc2)c1-c1nnc(N2CCOCC2)n1-c1ccccc1. The average molecular weight is 668 g/mol. The highest BCUT2D eigenvalue weighted by Gasteiger charge is 2.30. The molecule has 1 saturated heterocycles. The van der Waals surface area contributed by atoms with E-state index in [9.17, 15) is 13.6 Å². The number of carbonyl (C=O) groups excluding carboxylic acids is 1. The number of nitrogens with zero attached hydrogens (tertiary/aromatic N) is 4. The number of nitrogen functional groups attached to an aromatic ring is 1. The second-order valence-electron chi connectivity index (χ2n) is 9.51. The third-order valence-electron chi connectivity index (χ3n) is 6.77. The number of halogens is 3. The van der Waals surface area contributed by atoms with Crippen LogP contribution in [0.5, 0.6) is 5.75 Å². The fraction of sp³-hybridized carbons (Fsp3) is 0.167. The van der Waals surface area contributed by atoms with Crippen LogP contribution in [0.3, 0.4) is 0 Å². The molecule has 2 aromatic heterocycles. The van der Waals surface area contributed by atoms with E-state index in [1.54, 1.807) is 36.4 Å². The van der Waals surface area contributed by atoms with Crippen molar-refractivity contribution in [1.82, 2.24) is 14.8 Å². The first kappa shape index (κ1) is 28.8. The van der Waals surface area contributed by atoms with Crippen LogP contribution in [0.15, 0.2) is 83.3 Å². The number of benzene rings is 3. The number of carbonyl (C=O) groups is 1. The summed E-state index contributed by atoms with van der Waals surface area (Å²) in [7, 11) is 0. The molecule has 0 aliphatic carbocycles. The van der Waals surface area contributed by atoms with Crippen molar-refractivity contribution in [2.45, 2.75) is 6.61 Å². The minimum atomic E-state index is -2.93. The highest BCUT2D eigenvalue weighted by Crippen LogP contribution is 2.46. The smallest absolute Gasteiger partial charge is 0.387 e. The predicted molar refractivity (Wildman–Crippen MR) is 166 cm³/mol. The van der Waals surface area contributed by atoms with Gasteiger partial charge in [0.1, 0.15) is 15.6 Å². The Bertz CT molecular complexity index is 1720. The number of morpholine rings is 1. The maximum absolute atomic E-state index is 13.7. The van der Waals surface area contributed by atoms with E-state index in [1.807, 2.05) is 34.9 Å². The molecule has 9 nitrogen and oxygen atoms in total. The fourth-order valence-electron chi connectivity index (χ4n) is 4.73. The van der Waals surface area contributed by atoms with Gasteiger partial charge >= 0.3 is 6.61 Å². The molecule has 3 aromatic carbocycles. The van der Waals surface area contributed by atoms with Crippen molar-refractivity contribution in [2.24, 2.45) is 0 Å². The molecular weight excluding hydrogens is 642 g/mol. The molecule has 5 aromatic rings. The summed E-state index contributed by atoms with van der Waals surface area (Å²) in [5, 5.41) is 13.0. The van der Waals surface area contributed by atoms with Crippen LogP contribution in [-0.4, -0.2) is 53.5 Å². The minimum absolute atomic E-state index is 0.0246. The lowest BCUT2D eigenvalue weighted by atomic mass is 10.1. The Balaban J connectivity index is 1.49. The van der Waals surface area contributed by atoms with Gasteiger partial charge in [0.15, 0.2) is 5.82 Å². The zero-order valence-electron chi connectivity index (χ0n) is 22.5. The van der Waals surface area contributed by atoms with E-state index in [0.29, 0.717) is 64.8 Å². The van der Waals surface area contributed by atoms with Gasteiger partial charge in [-0.2, -0.15) is 8.78 Å².